The zero-order valence-electron chi connectivity index (χ0n) is 17.2. The topological polar surface area (TPSA) is 71.7 Å². The minimum absolute atomic E-state index is 0.224. The smallest absolute Gasteiger partial charge is 0.279 e. The van der Waals surface area contributed by atoms with Crippen LogP contribution in [0.4, 0.5) is 0 Å². The molecule has 0 N–H and O–H groups in total. The van der Waals surface area contributed by atoms with Crippen LogP contribution >= 0.6 is 11.3 Å². The Hall–Kier alpha value is -2.29. The Morgan fingerprint density at radius 3 is 2.43 bits per heavy atom. The van der Waals surface area contributed by atoms with Crippen molar-refractivity contribution >= 4 is 37.5 Å². The summed E-state index contributed by atoms with van der Waals surface area (Å²) < 4.78 is 30.2. The standard InChI is InChI=1S/C22H25N3O3S2/c1-3-25-19-12-7-16(2)15-20(19)29-22(25)23-21(26)17-8-10-18(11-9-17)30(27,28)24-13-5-4-6-14-24/h7-12,15H,3-6,13-14H2,1-2H3. The van der Waals surface area contributed by atoms with Crippen LogP contribution in [0.3, 0.4) is 0 Å². The van der Waals surface area contributed by atoms with Gasteiger partial charge < -0.3 is 4.57 Å². The summed E-state index contributed by atoms with van der Waals surface area (Å²) in [4.78, 5) is 18.0. The van der Waals surface area contributed by atoms with E-state index in [1.54, 1.807) is 12.1 Å². The van der Waals surface area contributed by atoms with Gasteiger partial charge in [-0.15, -0.1) is 0 Å². The maximum Gasteiger partial charge on any atom is 0.279 e. The summed E-state index contributed by atoms with van der Waals surface area (Å²) in [6, 6.07) is 12.3. The summed E-state index contributed by atoms with van der Waals surface area (Å²) in [5, 5.41) is 0. The number of amides is 1. The van der Waals surface area contributed by atoms with Crippen LogP contribution in [-0.2, 0) is 16.6 Å². The van der Waals surface area contributed by atoms with Crippen LogP contribution < -0.4 is 4.80 Å². The lowest BCUT2D eigenvalue weighted by atomic mass is 10.2. The van der Waals surface area contributed by atoms with E-state index < -0.39 is 10.0 Å². The largest absolute Gasteiger partial charge is 0.317 e. The number of sulfonamides is 1. The number of rotatable bonds is 4. The van der Waals surface area contributed by atoms with Gasteiger partial charge in [-0.3, -0.25) is 4.79 Å². The number of benzene rings is 2. The molecule has 1 fully saturated rings. The lowest BCUT2D eigenvalue weighted by molar-refractivity contribution is 0.0997. The number of fused-ring (bicyclic) bond motifs is 1. The highest BCUT2D eigenvalue weighted by Gasteiger charge is 2.25. The van der Waals surface area contributed by atoms with Crippen molar-refractivity contribution in [3.8, 4) is 0 Å². The molecule has 1 aromatic heterocycles. The summed E-state index contributed by atoms with van der Waals surface area (Å²) in [6.45, 7) is 5.89. The first-order valence-electron chi connectivity index (χ1n) is 10.2. The highest BCUT2D eigenvalue weighted by molar-refractivity contribution is 7.89. The van der Waals surface area contributed by atoms with Gasteiger partial charge in [-0.25, -0.2) is 8.42 Å². The molecular weight excluding hydrogens is 418 g/mol. The SMILES string of the molecule is CCn1c(=NC(=O)c2ccc(S(=O)(=O)N3CCCCC3)cc2)sc2cc(C)ccc21. The molecule has 3 aromatic rings. The van der Waals surface area contributed by atoms with Gasteiger partial charge in [0.25, 0.3) is 5.91 Å². The number of carbonyl (C=O) groups is 1. The summed E-state index contributed by atoms with van der Waals surface area (Å²) in [6.07, 6.45) is 2.84. The van der Waals surface area contributed by atoms with Gasteiger partial charge in [-0.05, 0) is 68.7 Å². The molecule has 0 aliphatic carbocycles. The highest BCUT2D eigenvalue weighted by Crippen LogP contribution is 2.22. The molecule has 0 unspecified atom stereocenters. The molecule has 30 heavy (non-hydrogen) atoms. The van der Waals surface area contributed by atoms with Gasteiger partial charge in [-0.1, -0.05) is 23.8 Å². The number of thiazole rings is 1. The minimum atomic E-state index is -3.51. The van der Waals surface area contributed by atoms with E-state index in [4.69, 9.17) is 0 Å². The molecule has 0 atom stereocenters. The monoisotopic (exact) mass is 443 g/mol. The molecule has 2 aromatic carbocycles. The van der Waals surface area contributed by atoms with E-state index in [1.807, 2.05) is 24.5 Å². The molecule has 1 saturated heterocycles. The Morgan fingerprint density at radius 2 is 1.77 bits per heavy atom. The van der Waals surface area contributed by atoms with Crippen molar-refractivity contribution in [1.29, 1.82) is 0 Å². The molecule has 1 amide bonds. The number of aromatic nitrogens is 1. The molecule has 1 aliphatic heterocycles. The Balaban J connectivity index is 1.64. The average Bonchev–Trinajstić information content (AvgIpc) is 3.10. The number of carbonyl (C=O) groups excluding carboxylic acids is 1. The lowest BCUT2D eigenvalue weighted by Gasteiger charge is -2.25. The number of piperidine rings is 1. The Bertz CT molecular complexity index is 1250. The highest BCUT2D eigenvalue weighted by atomic mass is 32.2. The van der Waals surface area contributed by atoms with Crippen LogP contribution in [-0.4, -0.2) is 36.3 Å². The van der Waals surface area contributed by atoms with Crippen molar-refractivity contribution in [3.63, 3.8) is 0 Å². The molecule has 1 aliphatic rings. The first-order chi connectivity index (χ1) is 14.4. The molecule has 0 radical (unpaired) electrons. The van der Waals surface area contributed by atoms with Gasteiger partial charge >= 0.3 is 0 Å². The summed E-state index contributed by atoms with van der Waals surface area (Å²) in [5.41, 5.74) is 2.60. The second-order valence-corrected chi connectivity index (χ2v) is 10.5. The van der Waals surface area contributed by atoms with E-state index in [0.717, 1.165) is 35.0 Å². The third-order valence-corrected chi connectivity index (χ3v) is 8.36. The van der Waals surface area contributed by atoms with Crippen molar-refractivity contribution < 1.29 is 13.2 Å². The molecular formula is C22H25N3O3S2. The molecule has 0 saturated carbocycles. The van der Waals surface area contributed by atoms with Gasteiger partial charge in [-0.2, -0.15) is 9.30 Å². The van der Waals surface area contributed by atoms with Gasteiger partial charge in [0.15, 0.2) is 4.80 Å². The molecule has 0 bridgehead atoms. The van der Waals surface area contributed by atoms with Gasteiger partial charge in [0.05, 0.1) is 15.1 Å². The number of aryl methyl sites for hydroxylation is 2. The van der Waals surface area contributed by atoms with Crippen molar-refractivity contribution in [2.24, 2.45) is 4.99 Å². The van der Waals surface area contributed by atoms with E-state index in [-0.39, 0.29) is 10.8 Å². The Labute approximate surface area is 180 Å². The molecule has 2 heterocycles. The Morgan fingerprint density at radius 1 is 1.07 bits per heavy atom. The second-order valence-electron chi connectivity index (χ2n) is 7.51. The van der Waals surface area contributed by atoms with Crippen LogP contribution in [0.25, 0.3) is 10.2 Å². The van der Waals surface area contributed by atoms with Crippen LogP contribution in [0.1, 0.15) is 42.1 Å². The normalized spacial score (nSPS) is 16.3. The van der Waals surface area contributed by atoms with Crippen LogP contribution in [0.5, 0.6) is 0 Å². The minimum Gasteiger partial charge on any atom is -0.317 e. The maximum atomic E-state index is 12.8. The molecule has 8 heteroatoms. The van der Waals surface area contributed by atoms with E-state index in [2.05, 4.69) is 17.1 Å². The van der Waals surface area contributed by atoms with Crippen LogP contribution in [0.15, 0.2) is 52.4 Å². The zero-order valence-corrected chi connectivity index (χ0v) is 18.8. The first kappa shape index (κ1) is 21.0. The fourth-order valence-corrected chi connectivity index (χ4v) is 6.45. The fourth-order valence-electron chi connectivity index (χ4n) is 3.75. The predicted octanol–water partition coefficient (Wildman–Crippen LogP) is 3.95. The predicted molar refractivity (Wildman–Crippen MR) is 119 cm³/mol. The second kappa shape index (κ2) is 8.45. The van der Waals surface area contributed by atoms with Crippen molar-refractivity contribution in [3.05, 3.63) is 58.4 Å². The van der Waals surface area contributed by atoms with Crippen molar-refractivity contribution in [2.75, 3.05) is 13.1 Å². The van der Waals surface area contributed by atoms with Gasteiger partial charge in [0.1, 0.15) is 0 Å². The number of hydrogen-bond acceptors (Lipinski definition) is 4. The van der Waals surface area contributed by atoms with Crippen LogP contribution in [0.2, 0.25) is 0 Å². The first-order valence-corrected chi connectivity index (χ1v) is 12.4. The fraction of sp³-hybridized carbons (Fsp3) is 0.364. The average molecular weight is 444 g/mol. The maximum absolute atomic E-state index is 12.8. The molecule has 158 valence electrons. The molecule has 0 spiro atoms. The quantitative estimate of drug-likeness (QED) is 0.613. The van der Waals surface area contributed by atoms with Crippen LogP contribution in [0, 0.1) is 6.92 Å². The number of nitrogens with zero attached hydrogens (tertiary/aromatic N) is 3. The zero-order chi connectivity index (χ0) is 21.3. The van der Waals surface area contributed by atoms with E-state index in [9.17, 15) is 13.2 Å². The lowest BCUT2D eigenvalue weighted by Crippen LogP contribution is -2.35. The van der Waals surface area contributed by atoms with Gasteiger partial charge in [0, 0.05) is 25.2 Å². The van der Waals surface area contributed by atoms with Gasteiger partial charge in [0.2, 0.25) is 10.0 Å². The van der Waals surface area contributed by atoms with E-state index in [0.29, 0.717) is 30.0 Å². The summed E-state index contributed by atoms with van der Waals surface area (Å²) >= 11 is 1.48. The van der Waals surface area contributed by atoms with Crippen molar-refractivity contribution in [1.82, 2.24) is 8.87 Å². The molecule has 4 rings (SSSR count). The van der Waals surface area contributed by atoms with Crippen molar-refractivity contribution in [2.45, 2.75) is 44.6 Å². The van der Waals surface area contributed by atoms with E-state index >= 15 is 0 Å². The Kier molecular flexibility index (Phi) is 5.90. The third kappa shape index (κ3) is 3.99. The summed E-state index contributed by atoms with van der Waals surface area (Å²) in [5.74, 6) is -0.373. The number of hydrogen-bond donors (Lipinski definition) is 0. The third-order valence-electron chi connectivity index (χ3n) is 5.41. The summed E-state index contributed by atoms with van der Waals surface area (Å²) in [7, 11) is -3.51. The molecule has 6 nitrogen and oxygen atoms in total. The van der Waals surface area contributed by atoms with E-state index in [1.165, 1.54) is 27.8 Å².